The lowest BCUT2D eigenvalue weighted by Gasteiger charge is -2.05. The van der Waals surface area contributed by atoms with Crippen molar-refractivity contribution in [3.05, 3.63) is 64.1 Å². The molecule has 1 amide bonds. The van der Waals surface area contributed by atoms with Crippen LogP contribution in [0.5, 0.6) is 5.75 Å². The van der Waals surface area contributed by atoms with Crippen molar-refractivity contribution < 1.29 is 9.90 Å². The van der Waals surface area contributed by atoms with Gasteiger partial charge >= 0.3 is 0 Å². The summed E-state index contributed by atoms with van der Waals surface area (Å²) in [6, 6.07) is 15.3. The summed E-state index contributed by atoms with van der Waals surface area (Å²) in [6.07, 6.45) is 1.35. The second-order valence-electron chi connectivity index (χ2n) is 4.19. The number of aromatic hydroxyl groups is 1. The Bertz CT molecular complexity index is 731. The lowest BCUT2D eigenvalue weighted by Crippen LogP contribution is -2.13. The van der Waals surface area contributed by atoms with E-state index in [1.54, 1.807) is 42.5 Å². The molecule has 0 aliphatic rings. The average Bonchev–Trinajstić information content (AvgIpc) is 2.48. The predicted octanol–water partition coefficient (Wildman–Crippen LogP) is 3.70. The zero-order valence-corrected chi connectivity index (χ0v) is 12.5. The van der Waals surface area contributed by atoms with E-state index in [4.69, 9.17) is 5.26 Å². The van der Waals surface area contributed by atoms with Gasteiger partial charge in [-0.1, -0.05) is 34.1 Å². The van der Waals surface area contributed by atoms with E-state index in [0.29, 0.717) is 11.3 Å². The fourth-order valence-electron chi connectivity index (χ4n) is 1.65. The summed E-state index contributed by atoms with van der Waals surface area (Å²) >= 11 is 3.30. The minimum Gasteiger partial charge on any atom is -0.507 e. The topological polar surface area (TPSA) is 73.1 Å². The SMILES string of the molecule is N#C/C(=C\c1ccccc1O)C(=O)Nc1ccc(Br)cc1. The molecule has 2 aromatic rings. The molecular weight excluding hydrogens is 332 g/mol. The first-order chi connectivity index (χ1) is 10.1. The highest BCUT2D eigenvalue weighted by atomic mass is 79.9. The fraction of sp³-hybridized carbons (Fsp3) is 0. The first-order valence-corrected chi connectivity index (χ1v) is 6.86. The van der Waals surface area contributed by atoms with Crippen LogP contribution in [0, 0.1) is 11.3 Å². The standard InChI is InChI=1S/C16H11BrN2O2/c17-13-5-7-14(8-6-13)19-16(21)12(10-18)9-11-3-1-2-4-15(11)20/h1-9,20H,(H,19,21)/b12-9+. The van der Waals surface area contributed by atoms with E-state index in [2.05, 4.69) is 21.2 Å². The van der Waals surface area contributed by atoms with Crippen molar-refractivity contribution in [1.29, 1.82) is 5.26 Å². The number of halogens is 1. The Balaban J connectivity index is 2.22. The molecule has 0 aliphatic heterocycles. The number of phenolic OH excluding ortho intramolecular Hbond substituents is 1. The second kappa shape index (κ2) is 6.73. The van der Waals surface area contributed by atoms with E-state index in [0.717, 1.165) is 4.47 Å². The molecule has 0 heterocycles. The summed E-state index contributed by atoms with van der Waals surface area (Å²) in [5, 5.41) is 21.4. The molecule has 2 rings (SSSR count). The molecule has 0 atom stereocenters. The van der Waals surface area contributed by atoms with E-state index >= 15 is 0 Å². The molecule has 2 aromatic carbocycles. The third-order valence-corrected chi connectivity index (χ3v) is 3.23. The van der Waals surface area contributed by atoms with Crippen LogP contribution in [-0.2, 0) is 4.79 Å². The number of nitriles is 1. The number of nitrogens with zero attached hydrogens (tertiary/aromatic N) is 1. The van der Waals surface area contributed by atoms with Gasteiger partial charge in [0, 0.05) is 15.7 Å². The van der Waals surface area contributed by atoms with Crippen molar-refractivity contribution in [1.82, 2.24) is 0 Å². The van der Waals surface area contributed by atoms with Gasteiger partial charge in [0.25, 0.3) is 5.91 Å². The van der Waals surface area contributed by atoms with Gasteiger partial charge in [-0.3, -0.25) is 4.79 Å². The number of hydrogen-bond acceptors (Lipinski definition) is 3. The summed E-state index contributed by atoms with van der Waals surface area (Å²) in [6.45, 7) is 0. The van der Waals surface area contributed by atoms with Crippen LogP contribution in [0.4, 0.5) is 5.69 Å². The largest absolute Gasteiger partial charge is 0.507 e. The molecular formula is C16H11BrN2O2. The van der Waals surface area contributed by atoms with Crippen LogP contribution in [0.3, 0.4) is 0 Å². The molecule has 4 nitrogen and oxygen atoms in total. The van der Waals surface area contributed by atoms with Gasteiger partial charge in [0.05, 0.1) is 0 Å². The Kier molecular flexibility index (Phi) is 4.75. The van der Waals surface area contributed by atoms with Crippen LogP contribution in [0.25, 0.3) is 6.08 Å². The lowest BCUT2D eigenvalue weighted by atomic mass is 10.1. The number of nitrogens with one attached hydrogen (secondary N) is 1. The fourth-order valence-corrected chi connectivity index (χ4v) is 1.91. The maximum absolute atomic E-state index is 12.0. The number of rotatable bonds is 3. The minimum atomic E-state index is -0.525. The average molecular weight is 343 g/mol. The van der Waals surface area contributed by atoms with Gasteiger partial charge in [-0.2, -0.15) is 5.26 Å². The Morgan fingerprint density at radius 3 is 2.48 bits per heavy atom. The lowest BCUT2D eigenvalue weighted by molar-refractivity contribution is -0.112. The summed E-state index contributed by atoms with van der Waals surface area (Å²) in [4.78, 5) is 12.0. The van der Waals surface area contributed by atoms with Crippen molar-refractivity contribution in [2.24, 2.45) is 0 Å². The van der Waals surface area contributed by atoms with Crippen LogP contribution >= 0.6 is 15.9 Å². The molecule has 0 spiro atoms. The van der Waals surface area contributed by atoms with Crippen molar-refractivity contribution >= 4 is 33.6 Å². The first-order valence-electron chi connectivity index (χ1n) is 6.07. The van der Waals surface area contributed by atoms with E-state index < -0.39 is 5.91 Å². The molecule has 2 N–H and O–H groups in total. The Hall–Kier alpha value is -2.58. The van der Waals surface area contributed by atoms with Crippen LogP contribution in [0.1, 0.15) is 5.56 Å². The third-order valence-electron chi connectivity index (χ3n) is 2.70. The minimum absolute atomic E-state index is 0.0155. The third kappa shape index (κ3) is 3.94. The quantitative estimate of drug-likeness (QED) is 0.659. The molecule has 0 radical (unpaired) electrons. The maximum atomic E-state index is 12.0. The monoisotopic (exact) mass is 342 g/mol. The number of carbonyl (C=O) groups excluding carboxylic acids is 1. The zero-order chi connectivity index (χ0) is 15.2. The van der Waals surface area contributed by atoms with Crippen molar-refractivity contribution in [2.75, 3.05) is 5.32 Å². The van der Waals surface area contributed by atoms with Gasteiger partial charge in [-0.25, -0.2) is 0 Å². The summed E-state index contributed by atoms with van der Waals surface area (Å²) in [5.41, 5.74) is 0.918. The zero-order valence-electron chi connectivity index (χ0n) is 10.9. The molecule has 0 saturated carbocycles. The summed E-state index contributed by atoms with van der Waals surface area (Å²) in [7, 11) is 0. The highest BCUT2D eigenvalue weighted by Gasteiger charge is 2.10. The van der Waals surface area contributed by atoms with E-state index in [1.165, 1.54) is 12.1 Å². The number of carbonyl (C=O) groups is 1. The molecule has 0 unspecified atom stereocenters. The van der Waals surface area contributed by atoms with Crippen LogP contribution in [-0.4, -0.2) is 11.0 Å². The Labute approximate surface area is 130 Å². The smallest absolute Gasteiger partial charge is 0.266 e. The first kappa shape index (κ1) is 14.8. The van der Waals surface area contributed by atoms with Gasteiger partial charge in [-0.15, -0.1) is 0 Å². The van der Waals surface area contributed by atoms with Crippen LogP contribution < -0.4 is 5.32 Å². The predicted molar refractivity (Wildman–Crippen MR) is 84.5 cm³/mol. The number of amides is 1. The van der Waals surface area contributed by atoms with Gasteiger partial charge < -0.3 is 10.4 Å². The molecule has 0 aliphatic carbocycles. The number of phenols is 1. The van der Waals surface area contributed by atoms with E-state index in [1.807, 2.05) is 6.07 Å². The van der Waals surface area contributed by atoms with Crippen molar-refractivity contribution in [3.8, 4) is 11.8 Å². The van der Waals surface area contributed by atoms with Gasteiger partial charge in [0.15, 0.2) is 0 Å². The van der Waals surface area contributed by atoms with Gasteiger partial charge in [0.2, 0.25) is 0 Å². The maximum Gasteiger partial charge on any atom is 0.266 e. The highest BCUT2D eigenvalue weighted by molar-refractivity contribution is 9.10. The summed E-state index contributed by atoms with van der Waals surface area (Å²) in [5.74, 6) is -0.509. The summed E-state index contributed by atoms with van der Waals surface area (Å²) < 4.78 is 0.894. The van der Waals surface area contributed by atoms with Crippen molar-refractivity contribution in [3.63, 3.8) is 0 Å². The second-order valence-corrected chi connectivity index (χ2v) is 5.11. The highest BCUT2D eigenvalue weighted by Crippen LogP contribution is 2.20. The van der Waals surface area contributed by atoms with Crippen LogP contribution in [0.2, 0.25) is 0 Å². The van der Waals surface area contributed by atoms with E-state index in [9.17, 15) is 9.90 Å². The van der Waals surface area contributed by atoms with Crippen LogP contribution in [0.15, 0.2) is 58.6 Å². The van der Waals surface area contributed by atoms with Gasteiger partial charge in [-0.05, 0) is 36.4 Å². The van der Waals surface area contributed by atoms with Crippen molar-refractivity contribution in [2.45, 2.75) is 0 Å². The number of para-hydroxylation sites is 1. The molecule has 5 heteroatoms. The Morgan fingerprint density at radius 1 is 1.19 bits per heavy atom. The molecule has 0 aromatic heterocycles. The number of benzene rings is 2. The number of hydrogen-bond donors (Lipinski definition) is 2. The molecule has 0 bridgehead atoms. The molecule has 21 heavy (non-hydrogen) atoms. The Morgan fingerprint density at radius 2 is 1.86 bits per heavy atom. The van der Waals surface area contributed by atoms with Gasteiger partial charge in [0.1, 0.15) is 17.4 Å². The van der Waals surface area contributed by atoms with E-state index in [-0.39, 0.29) is 11.3 Å². The molecule has 0 fully saturated rings. The molecule has 104 valence electrons. The number of anilines is 1. The normalized spacial score (nSPS) is 10.8. The molecule has 0 saturated heterocycles.